The van der Waals surface area contributed by atoms with Crippen molar-refractivity contribution in [2.45, 2.75) is 44.1 Å². The zero-order valence-corrected chi connectivity index (χ0v) is 21.3. The molecular weight excluding hydrogens is 488 g/mol. The van der Waals surface area contributed by atoms with Crippen molar-refractivity contribution in [1.29, 1.82) is 0 Å². The SMILES string of the molecule is COCCO[C@]1(C(=O)O)CC[C@@H](c2nc3c(-c4cnn(-c5ccccc5)c4)cnn3c(N)c2C(C)=O)CC1. The molecule has 0 atom stereocenters. The molecule has 3 N–H and O–H groups in total. The number of carboxylic acid groups (broad SMARTS) is 1. The van der Waals surface area contributed by atoms with Crippen molar-refractivity contribution in [2.75, 3.05) is 26.1 Å². The first-order valence-electron chi connectivity index (χ1n) is 12.5. The first kappa shape index (κ1) is 25.6. The normalized spacial score (nSPS) is 19.6. The van der Waals surface area contributed by atoms with Gasteiger partial charge in [-0.1, -0.05) is 18.2 Å². The lowest BCUT2D eigenvalue weighted by atomic mass is 9.76. The number of nitrogen functional groups attached to an aromatic ring is 1. The fraction of sp³-hybridized carbons (Fsp3) is 0.370. The fourth-order valence-electron chi connectivity index (χ4n) is 5.17. The predicted octanol–water partition coefficient (Wildman–Crippen LogP) is 3.51. The lowest BCUT2D eigenvalue weighted by Crippen LogP contribution is -2.45. The van der Waals surface area contributed by atoms with Crippen LogP contribution in [0.2, 0.25) is 0 Å². The standard InChI is InChI=1S/C27H30N6O5/c1-17(34)22-23(18-8-10-27(11-9-18,26(35)36)38-13-12-37-2)31-25-21(15-30-33(25)24(22)28)19-14-29-32(16-19)20-6-4-3-5-7-20/h3-7,14-16,18H,8-13,28H2,1-2H3,(H,35,36)/t18-,27-. The van der Waals surface area contributed by atoms with Gasteiger partial charge in [0.15, 0.2) is 17.0 Å². The maximum absolute atomic E-state index is 12.7. The number of para-hydroxylation sites is 1. The van der Waals surface area contributed by atoms with Gasteiger partial charge < -0.3 is 20.3 Å². The summed E-state index contributed by atoms with van der Waals surface area (Å²) in [5.41, 5.74) is 9.05. The molecule has 1 aliphatic carbocycles. The minimum atomic E-state index is -1.28. The Kier molecular flexibility index (Phi) is 6.96. The molecule has 1 aromatic carbocycles. The number of Topliss-reactive ketones (excluding diaryl/α,β-unsaturated/α-hetero) is 1. The molecular formula is C27H30N6O5. The predicted molar refractivity (Wildman–Crippen MR) is 139 cm³/mol. The van der Waals surface area contributed by atoms with Crippen molar-refractivity contribution in [3.05, 3.63) is 60.2 Å². The van der Waals surface area contributed by atoms with Crippen LogP contribution in [-0.4, -0.2) is 67.2 Å². The van der Waals surface area contributed by atoms with Gasteiger partial charge in [0.1, 0.15) is 5.82 Å². The first-order chi connectivity index (χ1) is 18.3. The number of aliphatic carboxylic acids is 1. The molecule has 1 fully saturated rings. The smallest absolute Gasteiger partial charge is 0.335 e. The van der Waals surface area contributed by atoms with Crippen LogP contribution in [0.4, 0.5) is 5.82 Å². The van der Waals surface area contributed by atoms with Crippen LogP contribution < -0.4 is 5.73 Å². The summed E-state index contributed by atoms with van der Waals surface area (Å²) in [6.45, 7) is 1.96. The molecule has 3 aromatic heterocycles. The molecule has 0 amide bonds. The molecule has 4 aromatic rings. The minimum Gasteiger partial charge on any atom is -0.479 e. The molecule has 0 unspecified atom stereocenters. The Bertz CT molecular complexity index is 1470. The van der Waals surface area contributed by atoms with Crippen LogP contribution in [0.3, 0.4) is 0 Å². The van der Waals surface area contributed by atoms with Crippen LogP contribution in [0.5, 0.6) is 0 Å². The quantitative estimate of drug-likeness (QED) is 0.251. The van der Waals surface area contributed by atoms with E-state index < -0.39 is 11.6 Å². The molecule has 38 heavy (non-hydrogen) atoms. The summed E-state index contributed by atoms with van der Waals surface area (Å²) in [5.74, 6) is -1.15. The number of aromatic nitrogens is 5. The van der Waals surface area contributed by atoms with E-state index in [0.29, 0.717) is 36.4 Å². The number of carboxylic acids is 1. The third-order valence-corrected chi connectivity index (χ3v) is 7.21. The molecule has 0 saturated heterocycles. The molecule has 198 valence electrons. The summed E-state index contributed by atoms with van der Waals surface area (Å²) in [5, 5.41) is 18.8. The van der Waals surface area contributed by atoms with Crippen molar-refractivity contribution < 1.29 is 24.2 Å². The van der Waals surface area contributed by atoms with E-state index in [1.807, 2.05) is 36.5 Å². The van der Waals surface area contributed by atoms with Gasteiger partial charge in [-0.05, 0) is 44.7 Å². The summed E-state index contributed by atoms with van der Waals surface area (Å²) >= 11 is 0. The highest BCUT2D eigenvalue weighted by Crippen LogP contribution is 2.42. The average molecular weight is 519 g/mol. The van der Waals surface area contributed by atoms with E-state index in [9.17, 15) is 14.7 Å². The van der Waals surface area contributed by atoms with Crippen molar-refractivity contribution >= 4 is 23.2 Å². The Hall–Kier alpha value is -4.09. The van der Waals surface area contributed by atoms with Crippen molar-refractivity contribution in [3.63, 3.8) is 0 Å². The van der Waals surface area contributed by atoms with Gasteiger partial charge in [0.2, 0.25) is 0 Å². The van der Waals surface area contributed by atoms with Gasteiger partial charge in [-0.15, -0.1) is 0 Å². The number of hydrogen-bond acceptors (Lipinski definition) is 8. The summed E-state index contributed by atoms with van der Waals surface area (Å²) < 4.78 is 14.0. The number of ketones is 1. The molecule has 0 aliphatic heterocycles. The minimum absolute atomic E-state index is 0.158. The molecule has 1 saturated carbocycles. The second-order valence-electron chi connectivity index (χ2n) is 9.53. The summed E-state index contributed by atoms with van der Waals surface area (Å²) in [4.78, 5) is 29.7. The third-order valence-electron chi connectivity index (χ3n) is 7.21. The van der Waals surface area contributed by atoms with Gasteiger partial charge in [-0.2, -0.15) is 14.7 Å². The maximum Gasteiger partial charge on any atom is 0.335 e. The number of fused-ring (bicyclic) bond motifs is 1. The van der Waals surface area contributed by atoms with Crippen molar-refractivity contribution in [2.24, 2.45) is 0 Å². The van der Waals surface area contributed by atoms with Crippen LogP contribution >= 0.6 is 0 Å². The first-order valence-corrected chi connectivity index (χ1v) is 12.5. The monoisotopic (exact) mass is 518 g/mol. The summed E-state index contributed by atoms with van der Waals surface area (Å²) in [7, 11) is 1.54. The fourth-order valence-corrected chi connectivity index (χ4v) is 5.17. The van der Waals surface area contributed by atoms with Crippen LogP contribution in [0, 0.1) is 0 Å². The number of methoxy groups -OCH3 is 1. The van der Waals surface area contributed by atoms with E-state index in [-0.39, 0.29) is 37.0 Å². The van der Waals surface area contributed by atoms with Gasteiger partial charge in [-0.3, -0.25) is 4.79 Å². The molecule has 1 aliphatic rings. The molecule has 3 heterocycles. The lowest BCUT2D eigenvalue weighted by molar-refractivity contribution is -0.173. The van der Waals surface area contributed by atoms with E-state index in [2.05, 4.69) is 10.2 Å². The average Bonchev–Trinajstić information content (AvgIpc) is 3.57. The van der Waals surface area contributed by atoms with Gasteiger partial charge in [0.25, 0.3) is 0 Å². The Morgan fingerprint density at radius 3 is 2.53 bits per heavy atom. The van der Waals surface area contributed by atoms with Crippen LogP contribution in [0.25, 0.3) is 22.5 Å². The van der Waals surface area contributed by atoms with Crippen LogP contribution in [0.1, 0.15) is 54.6 Å². The number of ether oxygens (including phenoxy) is 2. The lowest BCUT2D eigenvalue weighted by Gasteiger charge is -2.37. The van der Waals surface area contributed by atoms with Crippen molar-refractivity contribution in [3.8, 4) is 16.8 Å². The zero-order valence-electron chi connectivity index (χ0n) is 21.3. The molecule has 0 spiro atoms. The third kappa shape index (κ3) is 4.54. The Morgan fingerprint density at radius 1 is 1.13 bits per heavy atom. The molecule has 0 radical (unpaired) electrons. The largest absolute Gasteiger partial charge is 0.479 e. The van der Waals surface area contributed by atoms with Gasteiger partial charge in [-0.25, -0.2) is 14.5 Å². The highest BCUT2D eigenvalue weighted by Gasteiger charge is 2.44. The Labute approximate surface area is 219 Å². The number of nitrogens with two attached hydrogens (primary N) is 1. The molecule has 5 rings (SSSR count). The number of carbonyl (C=O) groups is 2. The van der Waals surface area contributed by atoms with E-state index in [0.717, 1.165) is 16.8 Å². The van der Waals surface area contributed by atoms with Gasteiger partial charge >= 0.3 is 5.97 Å². The number of nitrogens with zero attached hydrogens (tertiary/aromatic N) is 5. The molecule has 0 bridgehead atoms. The van der Waals surface area contributed by atoms with E-state index in [4.69, 9.17) is 20.2 Å². The number of rotatable bonds is 9. The zero-order chi connectivity index (χ0) is 26.9. The summed E-state index contributed by atoms with van der Waals surface area (Å²) in [6.07, 6.45) is 6.84. The van der Waals surface area contributed by atoms with Crippen molar-refractivity contribution in [1.82, 2.24) is 24.4 Å². The van der Waals surface area contributed by atoms with E-state index in [1.54, 1.807) is 24.2 Å². The number of carbonyl (C=O) groups excluding carboxylic acids is 1. The highest BCUT2D eigenvalue weighted by molar-refractivity contribution is 6.00. The maximum atomic E-state index is 12.7. The second-order valence-corrected chi connectivity index (χ2v) is 9.53. The van der Waals surface area contributed by atoms with Gasteiger partial charge in [0, 0.05) is 30.4 Å². The van der Waals surface area contributed by atoms with Crippen LogP contribution in [0.15, 0.2) is 48.9 Å². The Balaban J connectivity index is 1.51. The number of anilines is 1. The number of hydrogen-bond donors (Lipinski definition) is 2. The number of benzene rings is 1. The van der Waals surface area contributed by atoms with Crippen LogP contribution in [-0.2, 0) is 14.3 Å². The second kappa shape index (κ2) is 10.3. The van der Waals surface area contributed by atoms with E-state index >= 15 is 0 Å². The topological polar surface area (TPSA) is 147 Å². The highest BCUT2D eigenvalue weighted by atomic mass is 16.5. The van der Waals surface area contributed by atoms with Gasteiger partial charge in [0.05, 0.1) is 42.6 Å². The summed E-state index contributed by atoms with van der Waals surface area (Å²) in [6, 6.07) is 9.74. The molecule has 11 nitrogen and oxygen atoms in total. The Morgan fingerprint density at radius 2 is 1.87 bits per heavy atom. The molecule has 11 heteroatoms. The van der Waals surface area contributed by atoms with E-state index in [1.165, 1.54) is 11.4 Å².